The maximum absolute atomic E-state index is 11.3. The van der Waals surface area contributed by atoms with Crippen LogP contribution in [0.5, 0.6) is 17.2 Å². The second-order valence-corrected chi connectivity index (χ2v) is 6.68. The molecule has 0 bridgehead atoms. The third kappa shape index (κ3) is 1.81. The van der Waals surface area contributed by atoms with Crippen LogP contribution in [0.2, 0.25) is 0 Å². The van der Waals surface area contributed by atoms with Crippen LogP contribution in [0.15, 0.2) is 47.4 Å². The smallest absolute Gasteiger partial charge is 0.168 e. The number of hydrogen-bond acceptors (Lipinski definition) is 5. The largest absolute Gasteiger partial charge is 0.508 e. The molecule has 0 saturated heterocycles. The lowest BCUT2D eigenvalue weighted by molar-refractivity contribution is -0.0862. The van der Waals surface area contributed by atoms with Gasteiger partial charge in [-0.05, 0) is 42.8 Å². The molecular weight excluding hydrogens is 320 g/mol. The molecule has 3 aromatic rings. The molecular formula is C20H16O5. The zero-order chi connectivity index (χ0) is 17.3. The van der Waals surface area contributed by atoms with E-state index in [-0.39, 0.29) is 12.4 Å². The van der Waals surface area contributed by atoms with Crippen LogP contribution in [-0.2, 0) is 5.60 Å². The van der Waals surface area contributed by atoms with Crippen molar-refractivity contribution in [1.29, 1.82) is 0 Å². The van der Waals surface area contributed by atoms with Gasteiger partial charge in [-0.2, -0.15) is 0 Å². The number of hydrogen-bond donors (Lipinski definition) is 2. The fraction of sp³-hybridized carbons (Fsp3) is 0.200. The van der Waals surface area contributed by atoms with Crippen molar-refractivity contribution in [3.63, 3.8) is 0 Å². The Morgan fingerprint density at radius 3 is 2.88 bits per heavy atom. The number of furan rings is 1. The minimum atomic E-state index is -1.28. The van der Waals surface area contributed by atoms with E-state index in [2.05, 4.69) is 6.58 Å². The molecule has 25 heavy (non-hydrogen) atoms. The molecule has 2 unspecified atom stereocenters. The highest BCUT2D eigenvalue weighted by atomic mass is 16.5. The van der Waals surface area contributed by atoms with E-state index in [0.717, 1.165) is 11.0 Å². The Hall–Kier alpha value is -2.92. The van der Waals surface area contributed by atoms with Gasteiger partial charge in [0.15, 0.2) is 11.7 Å². The molecule has 2 N–H and O–H groups in total. The Labute approximate surface area is 143 Å². The fourth-order valence-electron chi connectivity index (χ4n) is 3.65. The van der Waals surface area contributed by atoms with Gasteiger partial charge in [-0.1, -0.05) is 6.58 Å². The zero-order valence-corrected chi connectivity index (χ0v) is 13.6. The third-order valence-electron chi connectivity index (χ3n) is 4.94. The van der Waals surface area contributed by atoms with Crippen molar-refractivity contribution in [2.45, 2.75) is 18.6 Å². The summed E-state index contributed by atoms with van der Waals surface area (Å²) in [5.41, 5.74) is 1.61. The maximum Gasteiger partial charge on any atom is 0.168 e. The molecule has 5 nitrogen and oxygen atoms in total. The van der Waals surface area contributed by atoms with Gasteiger partial charge in [0, 0.05) is 17.2 Å². The number of ether oxygens (including phenoxy) is 2. The quantitative estimate of drug-likeness (QED) is 0.705. The SMILES string of the molecule is C=C(C)c1cc2c3c(ccc2o1)C1(O)COc2cc(O)ccc2C1O3. The van der Waals surface area contributed by atoms with Crippen molar-refractivity contribution >= 4 is 16.5 Å². The van der Waals surface area contributed by atoms with Gasteiger partial charge in [-0.15, -0.1) is 0 Å². The van der Waals surface area contributed by atoms with Gasteiger partial charge in [0.25, 0.3) is 0 Å². The Morgan fingerprint density at radius 1 is 1.24 bits per heavy atom. The molecule has 0 spiro atoms. The molecule has 2 atom stereocenters. The van der Waals surface area contributed by atoms with Crippen LogP contribution < -0.4 is 9.47 Å². The Bertz CT molecular complexity index is 1050. The molecule has 0 saturated carbocycles. The number of phenols is 1. The van der Waals surface area contributed by atoms with E-state index >= 15 is 0 Å². The highest BCUT2D eigenvalue weighted by molar-refractivity contribution is 5.89. The summed E-state index contributed by atoms with van der Waals surface area (Å²) in [5, 5.41) is 21.8. The van der Waals surface area contributed by atoms with Crippen LogP contribution in [0.3, 0.4) is 0 Å². The lowest BCUT2D eigenvalue weighted by Crippen LogP contribution is -2.41. The van der Waals surface area contributed by atoms with Crippen LogP contribution in [-0.4, -0.2) is 16.8 Å². The lowest BCUT2D eigenvalue weighted by Gasteiger charge is -2.34. The van der Waals surface area contributed by atoms with E-state index in [1.807, 2.05) is 25.1 Å². The lowest BCUT2D eigenvalue weighted by atomic mass is 9.84. The van der Waals surface area contributed by atoms with E-state index in [9.17, 15) is 10.2 Å². The first kappa shape index (κ1) is 14.4. The number of aliphatic hydroxyl groups is 1. The van der Waals surface area contributed by atoms with Crippen molar-refractivity contribution in [1.82, 2.24) is 0 Å². The molecule has 2 aliphatic rings. The van der Waals surface area contributed by atoms with Crippen molar-refractivity contribution in [3.05, 3.63) is 59.9 Å². The highest BCUT2D eigenvalue weighted by Crippen LogP contribution is 2.56. The van der Waals surface area contributed by atoms with Crippen LogP contribution in [0.1, 0.15) is 29.9 Å². The monoisotopic (exact) mass is 336 g/mol. The van der Waals surface area contributed by atoms with E-state index < -0.39 is 11.7 Å². The number of aromatic hydroxyl groups is 1. The predicted molar refractivity (Wildman–Crippen MR) is 91.8 cm³/mol. The number of fused-ring (bicyclic) bond motifs is 7. The Morgan fingerprint density at radius 2 is 2.08 bits per heavy atom. The summed E-state index contributed by atoms with van der Waals surface area (Å²) >= 11 is 0. The molecule has 126 valence electrons. The van der Waals surface area contributed by atoms with Gasteiger partial charge in [0.05, 0.1) is 5.39 Å². The van der Waals surface area contributed by atoms with Gasteiger partial charge >= 0.3 is 0 Å². The molecule has 1 aromatic heterocycles. The van der Waals surface area contributed by atoms with Crippen LogP contribution in [0.4, 0.5) is 0 Å². The first-order valence-corrected chi connectivity index (χ1v) is 8.05. The summed E-state index contributed by atoms with van der Waals surface area (Å²) in [7, 11) is 0. The van der Waals surface area contributed by atoms with Crippen LogP contribution in [0.25, 0.3) is 16.5 Å². The third-order valence-corrected chi connectivity index (χ3v) is 4.94. The second-order valence-electron chi connectivity index (χ2n) is 6.68. The van der Waals surface area contributed by atoms with Crippen molar-refractivity contribution in [2.24, 2.45) is 0 Å². The number of benzene rings is 2. The summed E-state index contributed by atoms with van der Waals surface area (Å²) in [6.07, 6.45) is -0.597. The maximum atomic E-state index is 11.3. The topological polar surface area (TPSA) is 72.1 Å². The summed E-state index contributed by atoms with van der Waals surface area (Å²) in [6.45, 7) is 5.84. The molecule has 5 rings (SSSR count). The van der Waals surface area contributed by atoms with Gasteiger partial charge < -0.3 is 24.1 Å². The van der Waals surface area contributed by atoms with Crippen molar-refractivity contribution < 1.29 is 24.1 Å². The number of rotatable bonds is 1. The van der Waals surface area contributed by atoms with E-state index in [1.165, 1.54) is 6.07 Å². The summed E-state index contributed by atoms with van der Waals surface area (Å²) < 4.78 is 17.7. The molecule has 0 aliphatic carbocycles. The first-order chi connectivity index (χ1) is 12.0. The summed E-state index contributed by atoms with van der Waals surface area (Å²) in [5.74, 6) is 1.93. The minimum absolute atomic E-state index is 0.0534. The Balaban J connectivity index is 1.71. The molecule has 0 amide bonds. The summed E-state index contributed by atoms with van der Waals surface area (Å²) in [4.78, 5) is 0. The van der Waals surface area contributed by atoms with E-state index in [4.69, 9.17) is 13.9 Å². The Kier molecular flexibility index (Phi) is 2.64. The average molecular weight is 336 g/mol. The predicted octanol–water partition coefficient (Wildman–Crippen LogP) is 3.89. The molecule has 2 aliphatic heterocycles. The highest BCUT2D eigenvalue weighted by Gasteiger charge is 2.53. The van der Waals surface area contributed by atoms with Gasteiger partial charge in [0.1, 0.15) is 35.2 Å². The van der Waals surface area contributed by atoms with Gasteiger partial charge in [-0.25, -0.2) is 0 Å². The van der Waals surface area contributed by atoms with Crippen molar-refractivity contribution in [3.8, 4) is 17.2 Å². The molecule has 0 radical (unpaired) electrons. The molecule has 2 aromatic carbocycles. The van der Waals surface area contributed by atoms with E-state index in [1.54, 1.807) is 12.1 Å². The summed E-state index contributed by atoms with van der Waals surface area (Å²) in [6, 6.07) is 10.3. The molecule has 3 heterocycles. The average Bonchev–Trinajstić information content (AvgIpc) is 3.14. The minimum Gasteiger partial charge on any atom is -0.508 e. The van der Waals surface area contributed by atoms with Crippen LogP contribution in [0, 0.1) is 0 Å². The van der Waals surface area contributed by atoms with Crippen LogP contribution >= 0.6 is 0 Å². The fourth-order valence-corrected chi connectivity index (χ4v) is 3.65. The van der Waals surface area contributed by atoms with Gasteiger partial charge in [-0.3, -0.25) is 0 Å². The first-order valence-electron chi connectivity index (χ1n) is 8.05. The normalized spacial score (nSPS) is 23.4. The van der Waals surface area contributed by atoms with Gasteiger partial charge in [0.2, 0.25) is 0 Å². The number of phenolic OH excluding ortho intramolecular Hbond substituents is 1. The molecule has 0 fully saturated rings. The van der Waals surface area contributed by atoms with Crippen molar-refractivity contribution in [2.75, 3.05) is 6.61 Å². The standard InChI is InChI=1S/C20H16O5/c1-10(2)16-8-13-15(24-16)6-5-14-18(13)25-19-12-4-3-11(21)7-17(12)23-9-20(14,19)22/h3-8,19,21-22H,1,9H2,2H3. The van der Waals surface area contributed by atoms with E-state index in [0.29, 0.717) is 34.0 Å². The number of allylic oxidation sites excluding steroid dienone is 1. The molecule has 5 heteroatoms. The second kappa shape index (κ2) is 4.58. The zero-order valence-electron chi connectivity index (χ0n) is 13.6.